The molecular formula is C28H48N6O3S. The lowest BCUT2D eigenvalue weighted by Crippen LogP contribution is -2.52. The molecule has 1 saturated carbocycles. The van der Waals surface area contributed by atoms with Crippen LogP contribution in [0.4, 0.5) is 5.82 Å². The first-order valence-electron chi connectivity index (χ1n) is 14.6. The molecule has 0 spiro atoms. The Morgan fingerprint density at radius 1 is 1.03 bits per heavy atom. The van der Waals surface area contributed by atoms with E-state index in [1.54, 1.807) is 7.05 Å². The normalized spacial score (nSPS) is 24.8. The largest absolute Gasteiger partial charge is 0.369 e. The van der Waals surface area contributed by atoms with E-state index in [0.29, 0.717) is 17.7 Å². The van der Waals surface area contributed by atoms with E-state index in [0.717, 1.165) is 81.6 Å². The molecule has 1 aromatic heterocycles. The molecule has 9 nitrogen and oxygen atoms in total. The zero-order valence-electron chi connectivity index (χ0n) is 24.0. The third kappa shape index (κ3) is 7.04. The number of likely N-dealkylation sites (tertiary alicyclic amines) is 2. The summed E-state index contributed by atoms with van der Waals surface area (Å²) in [6.45, 7) is 10.8. The van der Waals surface area contributed by atoms with E-state index in [2.05, 4.69) is 34.0 Å². The zero-order chi connectivity index (χ0) is 27.4. The highest BCUT2D eigenvalue weighted by Gasteiger charge is 2.33. The second-order valence-corrected chi connectivity index (χ2v) is 14.2. The predicted molar refractivity (Wildman–Crippen MR) is 152 cm³/mol. The Morgan fingerprint density at radius 2 is 1.66 bits per heavy atom. The first kappa shape index (κ1) is 29.2. The van der Waals surface area contributed by atoms with Crippen molar-refractivity contribution in [2.45, 2.75) is 84.2 Å². The van der Waals surface area contributed by atoms with E-state index in [9.17, 15) is 13.2 Å². The summed E-state index contributed by atoms with van der Waals surface area (Å²) in [6.07, 6.45) is 11.5. The first-order valence-corrected chi connectivity index (χ1v) is 16.4. The molecule has 3 aliphatic rings. The van der Waals surface area contributed by atoms with Gasteiger partial charge in [-0.1, -0.05) is 13.8 Å². The van der Waals surface area contributed by atoms with Crippen molar-refractivity contribution in [3.05, 3.63) is 17.6 Å². The Bertz CT molecular complexity index is 1040. The predicted octanol–water partition coefficient (Wildman–Crippen LogP) is 3.62. The Balaban J connectivity index is 1.26. The van der Waals surface area contributed by atoms with Gasteiger partial charge in [-0.15, -0.1) is 0 Å². The standard InChI is InChI=1S/C28H48N6O3S/c1-20(2)23-8-6-22(7-9-23)18-29-27-21(3)26(30-19-31-27)28(35)34-16-12-25(13-17-34)33-14-10-24(11-15-33)32(4)38(5,36)37/h19-20,22-25H,6-18H2,1-5H3,(H,29,30,31). The molecule has 0 atom stereocenters. The Labute approximate surface area is 229 Å². The lowest BCUT2D eigenvalue weighted by atomic mass is 9.77. The van der Waals surface area contributed by atoms with Crippen molar-refractivity contribution < 1.29 is 13.2 Å². The highest BCUT2D eigenvalue weighted by Crippen LogP contribution is 2.33. The molecule has 0 bridgehead atoms. The number of aromatic nitrogens is 2. The van der Waals surface area contributed by atoms with Gasteiger partial charge in [-0.3, -0.25) is 4.79 Å². The van der Waals surface area contributed by atoms with Crippen LogP contribution in [-0.4, -0.2) is 96.5 Å². The van der Waals surface area contributed by atoms with Crippen LogP contribution in [0.25, 0.3) is 0 Å². The number of sulfonamides is 1. The summed E-state index contributed by atoms with van der Waals surface area (Å²) in [5.74, 6) is 3.07. The smallest absolute Gasteiger partial charge is 0.272 e. The second-order valence-electron chi connectivity index (χ2n) is 12.2. The molecule has 1 aliphatic carbocycles. The molecule has 38 heavy (non-hydrogen) atoms. The lowest BCUT2D eigenvalue weighted by Gasteiger charge is -2.43. The van der Waals surface area contributed by atoms with Crippen LogP contribution in [0.5, 0.6) is 0 Å². The van der Waals surface area contributed by atoms with Gasteiger partial charge in [-0.05, 0) is 89.1 Å². The van der Waals surface area contributed by atoms with E-state index in [1.165, 1.54) is 42.6 Å². The zero-order valence-corrected chi connectivity index (χ0v) is 24.8. The van der Waals surface area contributed by atoms with E-state index >= 15 is 0 Å². The van der Waals surface area contributed by atoms with Crippen LogP contribution in [0.2, 0.25) is 0 Å². The number of hydrogen-bond acceptors (Lipinski definition) is 7. The van der Waals surface area contributed by atoms with Gasteiger partial charge in [-0.25, -0.2) is 22.7 Å². The number of amides is 1. The third-order valence-electron chi connectivity index (χ3n) is 9.48. The number of carbonyl (C=O) groups is 1. The van der Waals surface area contributed by atoms with E-state index < -0.39 is 10.0 Å². The molecule has 1 amide bonds. The van der Waals surface area contributed by atoms with E-state index in [4.69, 9.17) is 0 Å². The SMILES string of the molecule is Cc1c(NCC2CCC(C(C)C)CC2)ncnc1C(=O)N1CCC(N2CCC(N(C)S(C)(=O)=O)CC2)CC1. The van der Waals surface area contributed by atoms with Gasteiger partial charge in [0.2, 0.25) is 10.0 Å². The fraction of sp³-hybridized carbons (Fsp3) is 0.821. The van der Waals surface area contributed by atoms with Crippen molar-refractivity contribution in [3.63, 3.8) is 0 Å². The number of hydrogen-bond donors (Lipinski definition) is 1. The molecule has 1 aromatic rings. The topological polar surface area (TPSA) is 98.7 Å². The van der Waals surface area contributed by atoms with Gasteiger partial charge in [0.15, 0.2) is 0 Å². The minimum absolute atomic E-state index is 0.00248. The summed E-state index contributed by atoms with van der Waals surface area (Å²) in [4.78, 5) is 26.7. The molecular weight excluding hydrogens is 500 g/mol. The van der Waals surface area contributed by atoms with Crippen molar-refractivity contribution in [3.8, 4) is 0 Å². The summed E-state index contributed by atoms with van der Waals surface area (Å²) >= 11 is 0. The van der Waals surface area contributed by atoms with Crippen molar-refractivity contribution in [2.24, 2.45) is 17.8 Å². The maximum Gasteiger partial charge on any atom is 0.272 e. The van der Waals surface area contributed by atoms with Crippen LogP contribution in [0.1, 0.15) is 81.3 Å². The average molecular weight is 549 g/mol. The number of piperidine rings is 2. The summed E-state index contributed by atoms with van der Waals surface area (Å²) in [7, 11) is -1.47. The van der Waals surface area contributed by atoms with Gasteiger partial charge in [0, 0.05) is 44.3 Å². The summed E-state index contributed by atoms with van der Waals surface area (Å²) in [5, 5.41) is 3.53. The average Bonchev–Trinajstić information content (AvgIpc) is 2.91. The minimum Gasteiger partial charge on any atom is -0.369 e. The molecule has 2 aliphatic heterocycles. The van der Waals surface area contributed by atoms with E-state index in [-0.39, 0.29) is 11.9 Å². The molecule has 2 saturated heterocycles. The molecule has 214 valence electrons. The van der Waals surface area contributed by atoms with Crippen LogP contribution in [0.3, 0.4) is 0 Å². The fourth-order valence-corrected chi connectivity index (χ4v) is 7.37. The monoisotopic (exact) mass is 548 g/mol. The Hall–Kier alpha value is -1.78. The summed E-state index contributed by atoms with van der Waals surface area (Å²) in [5.41, 5.74) is 1.35. The molecule has 0 unspecified atom stereocenters. The van der Waals surface area contributed by atoms with Gasteiger partial charge in [-0.2, -0.15) is 0 Å². The van der Waals surface area contributed by atoms with Gasteiger partial charge in [0.25, 0.3) is 5.91 Å². The minimum atomic E-state index is -3.15. The molecule has 10 heteroatoms. The van der Waals surface area contributed by atoms with Gasteiger partial charge in [0.1, 0.15) is 17.8 Å². The number of carbonyl (C=O) groups excluding carboxylic acids is 1. The third-order valence-corrected chi connectivity index (χ3v) is 10.8. The van der Waals surface area contributed by atoms with Crippen LogP contribution >= 0.6 is 0 Å². The van der Waals surface area contributed by atoms with Crippen LogP contribution in [0.15, 0.2) is 6.33 Å². The second kappa shape index (κ2) is 12.6. The molecule has 3 fully saturated rings. The number of rotatable bonds is 8. The number of nitrogens with zero attached hydrogens (tertiary/aromatic N) is 5. The molecule has 0 aromatic carbocycles. The molecule has 3 heterocycles. The highest BCUT2D eigenvalue weighted by atomic mass is 32.2. The van der Waals surface area contributed by atoms with Gasteiger partial charge in [0.05, 0.1) is 6.26 Å². The lowest BCUT2D eigenvalue weighted by molar-refractivity contribution is 0.0542. The summed E-state index contributed by atoms with van der Waals surface area (Å²) in [6, 6.07) is 0.527. The van der Waals surface area contributed by atoms with Gasteiger partial charge < -0.3 is 15.1 Å². The number of nitrogens with one attached hydrogen (secondary N) is 1. The van der Waals surface area contributed by atoms with Crippen molar-refractivity contribution in [1.29, 1.82) is 0 Å². The molecule has 4 rings (SSSR count). The number of anilines is 1. The van der Waals surface area contributed by atoms with Crippen molar-refractivity contribution >= 4 is 21.7 Å². The maximum absolute atomic E-state index is 13.4. The first-order chi connectivity index (χ1) is 18.0. The van der Waals surface area contributed by atoms with Crippen molar-refractivity contribution in [2.75, 3.05) is 51.3 Å². The van der Waals surface area contributed by atoms with Crippen molar-refractivity contribution in [1.82, 2.24) is 24.1 Å². The molecule has 0 radical (unpaired) electrons. The molecule has 1 N–H and O–H groups in total. The van der Waals surface area contributed by atoms with Gasteiger partial charge >= 0.3 is 0 Å². The fourth-order valence-electron chi connectivity index (χ4n) is 6.61. The van der Waals surface area contributed by atoms with E-state index in [1.807, 2.05) is 11.8 Å². The van der Waals surface area contributed by atoms with Crippen LogP contribution in [0, 0.1) is 24.7 Å². The Kier molecular flexibility index (Phi) is 9.68. The Morgan fingerprint density at radius 3 is 2.24 bits per heavy atom. The quantitative estimate of drug-likeness (QED) is 0.530. The highest BCUT2D eigenvalue weighted by molar-refractivity contribution is 7.88. The van der Waals surface area contributed by atoms with Crippen LogP contribution < -0.4 is 5.32 Å². The maximum atomic E-state index is 13.4. The van der Waals surface area contributed by atoms with Crippen LogP contribution in [-0.2, 0) is 10.0 Å². The summed E-state index contributed by atoms with van der Waals surface area (Å²) < 4.78 is 25.3.